The molecule has 4 unspecified atom stereocenters. The average Bonchev–Trinajstić information content (AvgIpc) is 2.17. The zero-order valence-corrected chi connectivity index (χ0v) is 7.02. The van der Waals surface area contributed by atoms with Gasteiger partial charge in [0.25, 0.3) is 0 Å². The van der Waals surface area contributed by atoms with Crippen LogP contribution >= 0.6 is 0 Å². The van der Waals surface area contributed by atoms with E-state index in [1.165, 1.54) is 0 Å². The van der Waals surface area contributed by atoms with Crippen LogP contribution in [0.3, 0.4) is 0 Å². The number of ether oxygens (including phenoxy) is 1. The van der Waals surface area contributed by atoms with Crippen molar-refractivity contribution in [2.45, 2.75) is 23.3 Å². The van der Waals surface area contributed by atoms with Crippen LogP contribution in [0.15, 0.2) is 0 Å². The van der Waals surface area contributed by atoms with E-state index in [-0.39, 0.29) is 6.54 Å². The molecule has 4 atom stereocenters. The number of rotatable bonds is 1. The summed E-state index contributed by atoms with van der Waals surface area (Å²) < 4.78 is 5.05. The summed E-state index contributed by atoms with van der Waals surface area (Å²) in [5.74, 6) is 0. The first-order valence-corrected chi connectivity index (χ1v) is 4.03. The van der Waals surface area contributed by atoms with Crippen LogP contribution in [0.5, 0.6) is 0 Å². The molecule has 5 heteroatoms. The number of aliphatic hydroxyl groups is 2. The zero-order valence-electron chi connectivity index (χ0n) is 5.30. The third kappa shape index (κ3) is 1.34. The molecule has 1 aliphatic heterocycles. The number of aliphatic hydroxyl groups excluding tert-OH is 2. The fourth-order valence-corrected chi connectivity index (χ4v) is 1.55. The third-order valence-electron chi connectivity index (χ3n) is 1.55. The molecule has 0 aromatic carbocycles. The van der Waals surface area contributed by atoms with E-state index in [0.717, 1.165) is 0 Å². The van der Waals surface area contributed by atoms with E-state index in [0.29, 0.717) is 0 Å². The van der Waals surface area contributed by atoms with E-state index in [1.807, 2.05) is 0 Å². The summed E-state index contributed by atoms with van der Waals surface area (Å²) >= 11 is 2.60. The molecular formula is C5H10NO3Se. The molecule has 0 aliphatic carbocycles. The van der Waals surface area contributed by atoms with Crippen molar-refractivity contribution in [3.8, 4) is 0 Å². The van der Waals surface area contributed by atoms with Crippen molar-refractivity contribution < 1.29 is 14.9 Å². The minimum atomic E-state index is -0.851. The topological polar surface area (TPSA) is 75.7 Å². The Labute approximate surface area is 67.2 Å². The summed E-state index contributed by atoms with van der Waals surface area (Å²) in [4.78, 5) is 0. The molecule has 0 bridgehead atoms. The maximum absolute atomic E-state index is 9.15. The second-order valence-electron chi connectivity index (χ2n) is 2.26. The van der Waals surface area contributed by atoms with Crippen molar-refractivity contribution in [3.05, 3.63) is 0 Å². The maximum atomic E-state index is 9.15. The minimum absolute atomic E-state index is 0.233. The van der Waals surface area contributed by atoms with Gasteiger partial charge in [-0.1, -0.05) is 0 Å². The molecular weight excluding hydrogens is 201 g/mol. The zero-order chi connectivity index (χ0) is 7.72. The van der Waals surface area contributed by atoms with Crippen molar-refractivity contribution in [2.24, 2.45) is 5.73 Å². The van der Waals surface area contributed by atoms with Gasteiger partial charge in [0.2, 0.25) is 0 Å². The Morgan fingerprint density at radius 1 is 1.40 bits per heavy atom. The van der Waals surface area contributed by atoms with Gasteiger partial charge in [-0.2, -0.15) is 0 Å². The van der Waals surface area contributed by atoms with Crippen molar-refractivity contribution >= 4 is 16.0 Å². The molecule has 1 aliphatic rings. The van der Waals surface area contributed by atoms with E-state index in [4.69, 9.17) is 20.7 Å². The molecule has 1 heterocycles. The van der Waals surface area contributed by atoms with Gasteiger partial charge in [0.05, 0.1) is 0 Å². The molecule has 4 N–H and O–H groups in total. The first kappa shape index (κ1) is 8.46. The van der Waals surface area contributed by atoms with Crippen LogP contribution in [0.1, 0.15) is 0 Å². The van der Waals surface area contributed by atoms with E-state index in [2.05, 4.69) is 16.0 Å². The van der Waals surface area contributed by atoms with Crippen LogP contribution in [0.4, 0.5) is 0 Å². The second-order valence-corrected chi connectivity index (χ2v) is 3.23. The Bertz CT molecular complexity index is 123. The first-order chi connectivity index (χ1) is 4.66. The molecule has 59 valence electrons. The van der Waals surface area contributed by atoms with Gasteiger partial charge in [-0.3, -0.25) is 0 Å². The van der Waals surface area contributed by atoms with E-state index in [1.54, 1.807) is 0 Å². The van der Waals surface area contributed by atoms with Gasteiger partial charge in [0.15, 0.2) is 0 Å². The molecule has 0 aromatic rings. The molecule has 0 spiro atoms. The molecule has 0 saturated carbocycles. The van der Waals surface area contributed by atoms with Crippen LogP contribution in [0, 0.1) is 0 Å². The van der Waals surface area contributed by atoms with Gasteiger partial charge >= 0.3 is 66.6 Å². The summed E-state index contributed by atoms with van der Waals surface area (Å²) in [7, 11) is 0. The molecule has 1 fully saturated rings. The fraction of sp³-hybridized carbons (Fsp3) is 1.00. The van der Waals surface area contributed by atoms with Crippen LogP contribution in [0.25, 0.3) is 0 Å². The fourth-order valence-electron chi connectivity index (χ4n) is 0.909. The van der Waals surface area contributed by atoms with Crippen LogP contribution in [0.2, 0.25) is 0 Å². The Kier molecular flexibility index (Phi) is 2.68. The third-order valence-corrected chi connectivity index (χ3v) is 2.37. The normalized spacial score (nSPS) is 48.0. The predicted octanol–water partition coefficient (Wildman–Crippen LogP) is -2.44. The monoisotopic (exact) mass is 212 g/mol. The van der Waals surface area contributed by atoms with Crippen molar-refractivity contribution in [3.63, 3.8) is 0 Å². The Hall–Kier alpha value is 0.359. The summed E-state index contributed by atoms with van der Waals surface area (Å²) in [6.07, 6.45) is -2.12. The Balaban J connectivity index is 2.53. The molecule has 4 nitrogen and oxygen atoms in total. The van der Waals surface area contributed by atoms with Crippen LogP contribution < -0.4 is 5.73 Å². The molecule has 1 rings (SSSR count). The van der Waals surface area contributed by atoms with Crippen LogP contribution in [-0.4, -0.2) is 56.1 Å². The Morgan fingerprint density at radius 3 is 2.20 bits per heavy atom. The second kappa shape index (κ2) is 3.17. The van der Waals surface area contributed by atoms with Crippen molar-refractivity contribution in [1.82, 2.24) is 0 Å². The predicted molar refractivity (Wildman–Crippen MR) is 35.5 cm³/mol. The van der Waals surface area contributed by atoms with Gasteiger partial charge in [0.1, 0.15) is 0 Å². The number of hydrogen-bond acceptors (Lipinski definition) is 4. The molecule has 0 aromatic heterocycles. The quantitative estimate of drug-likeness (QED) is 0.421. The van der Waals surface area contributed by atoms with Gasteiger partial charge < -0.3 is 0 Å². The summed E-state index contributed by atoms with van der Waals surface area (Å²) in [6.45, 7) is 0.233. The average molecular weight is 211 g/mol. The van der Waals surface area contributed by atoms with Crippen molar-refractivity contribution in [1.29, 1.82) is 0 Å². The van der Waals surface area contributed by atoms with Gasteiger partial charge in [-0.05, 0) is 0 Å². The van der Waals surface area contributed by atoms with Gasteiger partial charge in [-0.15, -0.1) is 0 Å². The number of nitrogens with two attached hydrogens (primary N) is 1. The molecule has 1 saturated heterocycles. The van der Waals surface area contributed by atoms with Crippen molar-refractivity contribution in [2.75, 3.05) is 6.54 Å². The van der Waals surface area contributed by atoms with Gasteiger partial charge in [0, 0.05) is 0 Å². The summed E-state index contributed by atoms with van der Waals surface area (Å²) in [6, 6.07) is 0. The van der Waals surface area contributed by atoms with E-state index < -0.39 is 23.3 Å². The van der Waals surface area contributed by atoms with Gasteiger partial charge in [-0.25, -0.2) is 0 Å². The molecule has 10 heavy (non-hydrogen) atoms. The molecule has 0 amide bonds. The Morgan fingerprint density at radius 2 is 2.00 bits per heavy atom. The summed E-state index contributed by atoms with van der Waals surface area (Å²) in [5, 5.41) is 17.8. The SMILES string of the molecule is NCC1OC([Se])C(O)C1O. The number of hydrogen-bond donors (Lipinski definition) is 3. The van der Waals surface area contributed by atoms with E-state index >= 15 is 0 Å². The van der Waals surface area contributed by atoms with Crippen LogP contribution in [-0.2, 0) is 4.74 Å². The standard InChI is InChI=1S/C5H10NO3Se/c6-1-2-3(7)4(8)5(10)9-2/h2-5,7-8H,1,6H2. The first-order valence-electron chi connectivity index (χ1n) is 3.04. The summed E-state index contributed by atoms with van der Waals surface area (Å²) in [5.41, 5.74) is 5.24. The van der Waals surface area contributed by atoms with E-state index in [9.17, 15) is 0 Å². The molecule has 1 radical (unpaired) electrons.